The van der Waals surface area contributed by atoms with Crippen LogP contribution in [0.1, 0.15) is 29.6 Å². The molecule has 2 aromatic heterocycles. The number of aromatic nitrogens is 3. The van der Waals surface area contributed by atoms with Gasteiger partial charge in [0, 0.05) is 24.6 Å². The van der Waals surface area contributed by atoms with Crippen LogP contribution in [0.5, 0.6) is 0 Å². The van der Waals surface area contributed by atoms with E-state index in [4.69, 9.17) is 5.11 Å². The summed E-state index contributed by atoms with van der Waals surface area (Å²) in [5.74, 6) is -0.973. The highest BCUT2D eigenvalue weighted by Gasteiger charge is 2.34. The molecular weight excluding hydrogens is 284 g/mol. The number of carbonyl (C=O) groups excluding carboxylic acids is 1. The minimum absolute atomic E-state index is 0.289. The number of hydrogen-bond donors (Lipinski definition) is 2. The van der Waals surface area contributed by atoms with E-state index in [2.05, 4.69) is 15.3 Å². The van der Waals surface area contributed by atoms with Crippen molar-refractivity contribution < 1.29 is 14.7 Å². The molecule has 2 N–H and O–H groups in total. The van der Waals surface area contributed by atoms with Crippen LogP contribution >= 0.6 is 0 Å². The van der Waals surface area contributed by atoms with Crippen molar-refractivity contribution in [2.75, 3.05) is 0 Å². The molecule has 7 heteroatoms. The third-order valence-corrected chi connectivity index (χ3v) is 3.93. The minimum atomic E-state index is -0.851. The van der Waals surface area contributed by atoms with Gasteiger partial charge in [0.05, 0.1) is 11.5 Å². The largest absolute Gasteiger partial charge is 0.481 e. The van der Waals surface area contributed by atoms with Crippen LogP contribution < -0.4 is 5.32 Å². The Kier molecular flexibility index (Phi) is 3.86. The lowest BCUT2D eigenvalue weighted by atomic mass is 10.0. The number of carboxylic acid groups (broad SMARTS) is 1. The standard InChI is InChI=1S/C15H16N4O3/c20-14(18-12-3-1-2-11(12)15(21)22)10-4-5-13(17-8-10)19-7-6-16-9-19/h4-9,11-12H,1-3H2,(H,18,20)(H,21,22)/t11-,12-/m1/s1. The fraction of sp³-hybridized carbons (Fsp3) is 0.333. The van der Waals surface area contributed by atoms with E-state index in [1.165, 1.54) is 6.20 Å². The van der Waals surface area contributed by atoms with Crippen LogP contribution in [0.15, 0.2) is 37.1 Å². The Labute approximate surface area is 127 Å². The van der Waals surface area contributed by atoms with Crippen molar-refractivity contribution in [2.24, 2.45) is 5.92 Å². The molecule has 22 heavy (non-hydrogen) atoms. The van der Waals surface area contributed by atoms with E-state index in [0.717, 1.165) is 6.42 Å². The summed E-state index contributed by atoms with van der Waals surface area (Å²) in [6, 6.07) is 3.08. The second kappa shape index (κ2) is 5.97. The molecule has 7 nitrogen and oxygen atoms in total. The zero-order chi connectivity index (χ0) is 15.5. The number of nitrogens with zero attached hydrogens (tertiary/aromatic N) is 3. The summed E-state index contributed by atoms with van der Waals surface area (Å²) < 4.78 is 1.74. The van der Waals surface area contributed by atoms with E-state index < -0.39 is 11.9 Å². The van der Waals surface area contributed by atoms with Crippen molar-refractivity contribution in [1.82, 2.24) is 19.9 Å². The number of nitrogens with one attached hydrogen (secondary N) is 1. The zero-order valence-electron chi connectivity index (χ0n) is 11.8. The Bertz CT molecular complexity index is 667. The maximum atomic E-state index is 12.2. The number of carboxylic acids is 1. The third kappa shape index (κ3) is 2.83. The molecule has 2 heterocycles. The summed E-state index contributed by atoms with van der Waals surface area (Å²) in [6.07, 6.45) is 8.64. The van der Waals surface area contributed by atoms with Crippen LogP contribution in [-0.2, 0) is 4.79 Å². The summed E-state index contributed by atoms with van der Waals surface area (Å²) in [6.45, 7) is 0. The molecule has 114 valence electrons. The lowest BCUT2D eigenvalue weighted by Crippen LogP contribution is -2.40. The van der Waals surface area contributed by atoms with E-state index in [0.29, 0.717) is 24.2 Å². The van der Waals surface area contributed by atoms with Gasteiger partial charge in [-0.25, -0.2) is 9.97 Å². The van der Waals surface area contributed by atoms with Crippen LogP contribution in [-0.4, -0.2) is 37.6 Å². The van der Waals surface area contributed by atoms with Crippen LogP contribution in [0.4, 0.5) is 0 Å². The molecule has 0 unspecified atom stereocenters. The molecule has 1 saturated carbocycles. The first-order valence-electron chi connectivity index (χ1n) is 7.13. The summed E-state index contributed by atoms with van der Waals surface area (Å²) in [4.78, 5) is 31.5. The number of aliphatic carboxylic acids is 1. The van der Waals surface area contributed by atoms with Crippen LogP contribution in [0.2, 0.25) is 0 Å². The SMILES string of the molecule is O=C(N[C@@H]1CCC[C@H]1C(=O)O)c1ccc(-n2ccnc2)nc1. The zero-order valence-corrected chi connectivity index (χ0v) is 11.8. The van der Waals surface area contributed by atoms with Gasteiger partial charge < -0.3 is 10.4 Å². The van der Waals surface area contributed by atoms with Crippen LogP contribution in [0.25, 0.3) is 5.82 Å². The van der Waals surface area contributed by atoms with Gasteiger partial charge in [-0.2, -0.15) is 0 Å². The highest BCUT2D eigenvalue weighted by molar-refractivity contribution is 5.94. The summed E-state index contributed by atoms with van der Waals surface area (Å²) in [5.41, 5.74) is 0.417. The number of carbonyl (C=O) groups is 2. The highest BCUT2D eigenvalue weighted by Crippen LogP contribution is 2.26. The molecule has 0 saturated heterocycles. The Morgan fingerprint density at radius 2 is 2.18 bits per heavy atom. The number of amides is 1. The maximum absolute atomic E-state index is 12.2. The molecular formula is C15H16N4O3. The number of hydrogen-bond acceptors (Lipinski definition) is 4. The first-order chi connectivity index (χ1) is 10.6. The maximum Gasteiger partial charge on any atom is 0.308 e. The number of pyridine rings is 1. The average Bonchev–Trinajstić information content (AvgIpc) is 3.18. The molecule has 0 aliphatic heterocycles. The van der Waals surface area contributed by atoms with Gasteiger partial charge in [0.15, 0.2) is 0 Å². The summed E-state index contributed by atoms with van der Waals surface area (Å²) in [7, 11) is 0. The van der Waals surface area contributed by atoms with E-state index in [9.17, 15) is 9.59 Å². The van der Waals surface area contributed by atoms with Gasteiger partial charge in [-0.3, -0.25) is 14.2 Å². The molecule has 1 amide bonds. The molecule has 1 fully saturated rings. The Balaban J connectivity index is 1.69. The van der Waals surface area contributed by atoms with Gasteiger partial charge in [0.25, 0.3) is 5.91 Å². The van der Waals surface area contributed by atoms with Gasteiger partial charge in [0.2, 0.25) is 0 Å². The predicted molar refractivity (Wildman–Crippen MR) is 77.6 cm³/mol. The molecule has 1 aliphatic carbocycles. The Morgan fingerprint density at radius 1 is 1.32 bits per heavy atom. The first-order valence-corrected chi connectivity index (χ1v) is 7.13. The molecule has 0 bridgehead atoms. The van der Waals surface area contributed by atoms with Gasteiger partial charge in [-0.15, -0.1) is 0 Å². The molecule has 2 aromatic rings. The van der Waals surface area contributed by atoms with Crippen molar-refractivity contribution in [3.05, 3.63) is 42.6 Å². The van der Waals surface area contributed by atoms with E-state index in [1.54, 1.807) is 35.4 Å². The molecule has 1 aliphatic rings. The number of imidazole rings is 1. The normalized spacial score (nSPS) is 20.7. The molecule has 0 radical (unpaired) electrons. The fourth-order valence-corrected chi connectivity index (χ4v) is 2.75. The van der Waals surface area contributed by atoms with E-state index in [-0.39, 0.29) is 11.9 Å². The van der Waals surface area contributed by atoms with Gasteiger partial charge in [-0.1, -0.05) is 6.42 Å². The second-order valence-corrected chi connectivity index (χ2v) is 5.33. The molecule has 0 spiro atoms. The summed E-state index contributed by atoms with van der Waals surface area (Å²) in [5, 5.41) is 11.9. The van der Waals surface area contributed by atoms with Crippen molar-refractivity contribution in [2.45, 2.75) is 25.3 Å². The smallest absolute Gasteiger partial charge is 0.308 e. The minimum Gasteiger partial charge on any atom is -0.481 e. The van der Waals surface area contributed by atoms with Crippen LogP contribution in [0.3, 0.4) is 0 Å². The average molecular weight is 300 g/mol. The number of rotatable bonds is 4. The second-order valence-electron chi connectivity index (χ2n) is 5.33. The van der Waals surface area contributed by atoms with E-state index in [1.807, 2.05) is 0 Å². The fourth-order valence-electron chi connectivity index (χ4n) is 2.75. The van der Waals surface area contributed by atoms with Gasteiger partial charge in [0.1, 0.15) is 12.1 Å². The first kappa shape index (κ1) is 14.2. The Hall–Kier alpha value is -2.70. The van der Waals surface area contributed by atoms with Crippen molar-refractivity contribution in [3.63, 3.8) is 0 Å². The van der Waals surface area contributed by atoms with Gasteiger partial charge >= 0.3 is 5.97 Å². The molecule has 2 atom stereocenters. The highest BCUT2D eigenvalue weighted by atomic mass is 16.4. The molecule has 3 rings (SSSR count). The topological polar surface area (TPSA) is 97.1 Å². The summed E-state index contributed by atoms with van der Waals surface area (Å²) >= 11 is 0. The van der Waals surface area contributed by atoms with Crippen molar-refractivity contribution in [3.8, 4) is 5.82 Å². The predicted octanol–water partition coefficient (Wildman–Crippen LogP) is 1.25. The third-order valence-electron chi connectivity index (χ3n) is 3.93. The Morgan fingerprint density at radius 3 is 2.82 bits per heavy atom. The lowest BCUT2D eigenvalue weighted by Gasteiger charge is -2.17. The lowest BCUT2D eigenvalue weighted by molar-refractivity contribution is -0.142. The quantitative estimate of drug-likeness (QED) is 0.885. The van der Waals surface area contributed by atoms with Crippen LogP contribution in [0, 0.1) is 5.92 Å². The van der Waals surface area contributed by atoms with Gasteiger partial charge in [-0.05, 0) is 25.0 Å². The van der Waals surface area contributed by atoms with E-state index >= 15 is 0 Å². The molecule has 0 aromatic carbocycles. The monoisotopic (exact) mass is 300 g/mol. The van der Waals surface area contributed by atoms with Crippen molar-refractivity contribution in [1.29, 1.82) is 0 Å². The van der Waals surface area contributed by atoms with Crippen molar-refractivity contribution >= 4 is 11.9 Å².